The highest BCUT2D eigenvalue weighted by Crippen LogP contribution is 2.31. The molecule has 0 saturated carbocycles. The molecular weight excluding hydrogens is 520 g/mol. The number of phenols is 1. The van der Waals surface area contributed by atoms with Crippen LogP contribution >= 0.6 is 0 Å². The summed E-state index contributed by atoms with van der Waals surface area (Å²) in [5.74, 6) is -0.192. The Balaban J connectivity index is 1.70. The lowest BCUT2D eigenvalue weighted by atomic mass is 10.1. The predicted octanol–water partition coefficient (Wildman–Crippen LogP) is 3.30. The minimum atomic E-state index is -4.15. The van der Waals surface area contributed by atoms with Gasteiger partial charge in [-0.1, -0.05) is 24.3 Å². The van der Waals surface area contributed by atoms with Crippen LogP contribution in [0.3, 0.4) is 0 Å². The molecule has 5 N–H and O–H groups in total. The van der Waals surface area contributed by atoms with Crippen molar-refractivity contribution in [3.63, 3.8) is 0 Å². The lowest BCUT2D eigenvalue weighted by molar-refractivity contribution is -0.116. The normalized spacial score (nSPS) is 11.5. The first kappa shape index (κ1) is 27.8. The number of amides is 1. The summed E-state index contributed by atoms with van der Waals surface area (Å²) in [5, 5.41) is 25.2. The van der Waals surface area contributed by atoms with Gasteiger partial charge in [0.15, 0.2) is 11.6 Å². The number of aliphatic hydroxyl groups excluding tert-OH is 1. The molecule has 0 saturated heterocycles. The number of aromatic hydroxyl groups is 1. The van der Waals surface area contributed by atoms with E-state index in [1.807, 2.05) is 0 Å². The summed E-state index contributed by atoms with van der Waals surface area (Å²) in [4.78, 5) is 22.9. The quantitative estimate of drug-likeness (QED) is 0.189. The van der Waals surface area contributed by atoms with Crippen molar-refractivity contribution < 1.29 is 23.4 Å². The van der Waals surface area contributed by atoms with Crippen LogP contribution in [0.5, 0.6) is 5.75 Å². The molecular formula is C27H30N6O5S. The SMILES string of the molecule is CN(C)CC(=O)Nc1cccc(S(=O)(=O)Nc2nc3ccccc3nc2Nc2cc(O)ccc2CCCO)c1. The number of hydrogen-bond acceptors (Lipinski definition) is 9. The Labute approximate surface area is 226 Å². The first-order valence-corrected chi connectivity index (χ1v) is 13.7. The van der Waals surface area contributed by atoms with Gasteiger partial charge >= 0.3 is 0 Å². The van der Waals surface area contributed by atoms with Gasteiger partial charge in [-0.3, -0.25) is 9.52 Å². The molecule has 204 valence electrons. The topological polar surface area (TPSA) is 157 Å². The van der Waals surface area contributed by atoms with E-state index in [0.29, 0.717) is 35.2 Å². The van der Waals surface area contributed by atoms with Gasteiger partial charge in [0, 0.05) is 24.0 Å². The number of aryl methyl sites for hydroxylation is 1. The molecule has 1 heterocycles. The molecule has 12 heteroatoms. The van der Waals surface area contributed by atoms with E-state index in [0.717, 1.165) is 5.56 Å². The van der Waals surface area contributed by atoms with Crippen molar-refractivity contribution in [2.45, 2.75) is 17.7 Å². The van der Waals surface area contributed by atoms with Crippen LogP contribution in [0.2, 0.25) is 0 Å². The number of fused-ring (bicyclic) bond motifs is 1. The third-order valence-electron chi connectivity index (χ3n) is 5.64. The van der Waals surface area contributed by atoms with Crippen molar-refractivity contribution in [1.29, 1.82) is 0 Å². The number of carbonyl (C=O) groups excluding carboxylic acids is 1. The lowest BCUT2D eigenvalue weighted by Crippen LogP contribution is -2.27. The van der Waals surface area contributed by atoms with Gasteiger partial charge < -0.3 is 25.7 Å². The van der Waals surface area contributed by atoms with Gasteiger partial charge in [-0.2, -0.15) is 0 Å². The van der Waals surface area contributed by atoms with Crippen molar-refractivity contribution in [2.24, 2.45) is 0 Å². The third kappa shape index (κ3) is 7.19. The van der Waals surface area contributed by atoms with Crippen LogP contribution in [0.4, 0.5) is 23.0 Å². The van der Waals surface area contributed by atoms with E-state index in [2.05, 4.69) is 25.3 Å². The number of sulfonamides is 1. The zero-order chi connectivity index (χ0) is 28.0. The van der Waals surface area contributed by atoms with Crippen LogP contribution < -0.4 is 15.4 Å². The Kier molecular flexibility index (Phi) is 8.59. The number of aromatic nitrogens is 2. The van der Waals surface area contributed by atoms with Crippen molar-refractivity contribution in [2.75, 3.05) is 42.6 Å². The molecule has 3 aromatic carbocycles. The zero-order valence-electron chi connectivity index (χ0n) is 21.5. The van der Waals surface area contributed by atoms with E-state index >= 15 is 0 Å². The number of para-hydroxylation sites is 2. The Hall–Kier alpha value is -4.26. The number of carbonyl (C=O) groups is 1. The molecule has 4 rings (SSSR count). The average molecular weight is 551 g/mol. The highest BCUT2D eigenvalue weighted by Gasteiger charge is 2.20. The zero-order valence-corrected chi connectivity index (χ0v) is 22.4. The van der Waals surface area contributed by atoms with Crippen LogP contribution in [-0.4, -0.2) is 66.7 Å². The molecule has 0 aliphatic rings. The minimum absolute atomic E-state index is 0.00416. The molecule has 0 fully saturated rings. The molecule has 0 unspecified atom stereocenters. The van der Waals surface area contributed by atoms with E-state index in [9.17, 15) is 23.4 Å². The number of anilines is 4. The first-order valence-electron chi connectivity index (χ1n) is 12.2. The fourth-order valence-electron chi connectivity index (χ4n) is 3.87. The molecule has 0 aliphatic carbocycles. The molecule has 1 amide bonds. The monoisotopic (exact) mass is 550 g/mol. The Morgan fingerprint density at radius 1 is 0.949 bits per heavy atom. The van der Waals surface area contributed by atoms with Crippen molar-refractivity contribution in [3.05, 3.63) is 72.3 Å². The summed E-state index contributed by atoms with van der Waals surface area (Å²) in [6.07, 6.45) is 1.03. The lowest BCUT2D eigenvalue weighted by Gasteiger charge is -2.16. The van der Waals surface area contributed by atoms with Crippen LogP contribution in [0.1, 0.15) is 12.0 Å². The second-order valence-corrected chi connectivity index (χ2v) is 10.8. The standard InChI is InChI=1S/C27H30N6O5S/c1-33(2)17-25(36)28-19-8-5-9-21(15-19)39(37,38)32-27-26(29-22-10-3-4-11-23(22)30-27)31-24-16-20(35)13-12-18(24)7-6-14-34/h3-5,8-13,15-16,34-35H,6-7,14,17H2,1-2H3,(H,28,36)(H,29,31)(H,30,32). The number of aliphatic hydroxyl groups is 1. The molecule has 0 aliphatic heterocycles. The maximum absolute atomic E-state index is 13.4. The van der Waals surface area contributed by atoms with Gasteiger partial charge in [-0.25, -0.2) is 18.4 Å². The van der Waals surface area contributed by atoms with E-state index in [1.54, 1.807) is 55.4 Å². The fourth-order valence-corrected chi connectivity index (χ4v) is 4.92. The smallest absolute Gasteiger partial charge is 0.263 e. The van der Waals surface area contributed by atoms with Gasteiger partial charge in [-0.05, 0) is 68.9 Å². The van der Waals surface area contributed by atoms with E-state index < -0.39 is 10.0 Å². The maximum atomic E-state index is 13.4. The number of hydrogen-bond donors (Lipinski definition) is 5. The second-order valence-electron chi connectivity index (χ2n) is 9.12. The van der Waals surface area contributed by atoms with E-state index in [1.165, 1.54) is 30.3 Å². The summed E-state index contributed by atoms with van der Waals surface area (Å²) in [7, 11) is -0.633. The predicted molar refractivity (Wildman–Crippen MR) is 151 cm³/mol. The summed E-state index contributed by atoms with van der Waals surface area (Å²) in [6, 6.07) is 17.7. The number of benzene rings is 3. The number of nitrogens with zero attached hydrogens (tertiary/aromatic N) is 3. The minimum Gasteiger partial charge on any atom is -0.508 e. The second kappa shape index (κ2) is 12.1. The van der Waals surface area contributed by atoms with E-state index in [-0.39, 0.29) is 41.3 Å². The van der Waals surface area contributed by atoms with Gasteiger partial charge in [0.25, 0.3) is 10.0 Å². The summed E-state index contributed by atoms with van der Waals surface area (Å²) < 4.78 is 29.4. The Morgan fingerprint density at radius 3 is 2.36 bits per heavy atom. The van der Waals surface area contributed by atoms with Crippen molar-refractivity contribution in [1.82, 2.24) is 14.9 Å². The van der Waals surface area contributed by atoms with Crippen molar-refractivity contribution in [3.8, 4) is 5.75 Å². The highest BCUT2D eigenvalue weighted by atomic mass is 32.2. The Morgan fingerprint density at radius 2 is 1.67 bits per heavy atom. The highest BCUT2D eigenvalue weighted by molar-refractivity contribution is 7.92. The molecule has 0 bridgehead atoms. The van der Waals surface area contributed by atoms with Crippen LogP contribution in [0.25, 0.3) is 11.0 Å². The van der Waals surface area contributed by atoms with Gasteiger partial charge in [0.05, 0.1) is 22.5 Å². The van der Waals surface area contributed by atoms with E-state index in [4.69, 9.17) is 0 Å². The summed E-state index contributed by atoms with van der Waals surface area (Å²) >= 11 is 0. The maximum Gasteiger partial charge on any atom is 0.263 e. The Bertz CT molecular complexity index is 1590. The van der Waals surface area contributed by atoms with Gasteiger partial charge in [0.2, 0.25) is 5.91 Å². The number of phenolic OH excluding ortho intramolecular Hbond substituents is 1. The molecule has 1 aromatic heterocycles. The molecule has 39 heavy (non-hydrogen) atoms. The van der Waals surface area contributed by atoms with Crippen LogP contribution in [0.15, 0.2) is 71.6 Å². The summed E-state index contributed by atoms with van der Waals surface area (Å²) in [6.45, 7) is 0.141. The fraction of sp³-hybridized carbons (Fsp3) is 0.222. The molecule has 0 radical (unpaired) electrons. The van der Waals surface area contributed by atoms with Gasteiger partial charge in [0.1, 0.15) is 5.75 Å². The molecule has 11 nitrogen and oxygen atoms in total. The van der Waals surface area contributed by atoms with Gasteiger partial charge in [-0.15, -0.1) is 0 Å². The number of nitrogens with one attached hydrogen (secondary N) is 3. The van der Waals surface area contributed by atoms with Crippen LogP contribution in [0, 0.1) is 0 Å². The molecule has 0 spiro atoms. The number of likely N-dealkylation sites (N-methyl/N-ethyl adjacent to an activating group) is 1. The summed E-state index contributed by atoms with van der Waals surface area (Å²) in [5.41, 5.74) is 2.64. The number of rotatable bonds is 11. The molecule has 0 atom stereocenters. The molecule has 4 aromatic rings. The van der Waals surface area contributed by atoms with Crippen LogP contribution in [-0.2, 0) is 21.2 Å². The average Bonchev–Trinajstić information content (AvgIpc) is 2.88. The third-order valence-corrected chi connectivity index (χ3v) is 6.98. The first-order chi connectivity index (χ1) is 18.6. The van der Waals surface area contributed by atoms with Crippen molar-refractivity contribution >= 4 is 50.0 Å². The largest absolute Gasteiger partial charge is 0.508 e.